The third kappa shape index (κ3) is 4.59. The zero-order chi connectivity index (χ0) is 17.6. The Balaban J connectivity index is 1.54. The topological polar surface area (TPSA) is 55.4 Å². The van der Waals surface area contributed by atoms with E-state index in [-0.39, 0.29) is 5.91 Å². The number of nitrogens with one attached hydrogen (secondary N) is 1. The van der Waals surface area contributed by atoms with Gasteiger partial charge < -0.3 is 10.1 Å². The molecule has 1 aliphatic rings. The summed E-state index contributed by atoms with van der Waals surface area (Å²) >= 11 is 0. The van der Waals surface area contributed by atoms with Gasteiger partial charge in [0.15, 0.2) is 6.10 Å². The molecule has 2 aromatic rings. The monoisotopic (exact) mass is 339 g/mol. The smallest absolute Gasteiger partial charge is 0.338 e. The van der Waals surface area contributed by atoms with Crippen molar-refractivity contribution in [3.63, 3.8) is 0 Å². The van der Waals surface area contributed by atoms with E-state index < -0.39 is 12.1 Å². The van der Waals surface area contributed by atoms with Crippen LogP contribution < -0.4 is 5.32 Å². The summed E-state index contributed by atoms with van der Waals surface area (Å²) in [5, 5.41) is 4.97. The third-order valence-electron chi connectivity index (χ3n) is 4.93. The molecule has 0 aliphatic heterocycles. The van der Waals surface area contributed by atoms with Crippen LogP contribution in [0.5, 0.6) is 0 Å². The molecule has 4 nitrogen and oxygen atoms in total. The number of amides is 1. The first-order chi connectivity index (χ1) is 12.1. The van der Waals surface area contributed by atoms with Crippen molar-refractivity contribution in [1.82, 2.24) is 5.32 Å². The number of esters is 1. The Kier molecular flexibility index (Phi) is 5.69. The number of hydrogen-bond donors (Lipinski definition) is 1. The molecule has 1 aliphatic carbocycles. The average Bonchev–Trinajstić information content (AvgIpc) is 2.66. The summed E-state index contributed by atoms with van der Waals surface area (Å²) in [4.78, 5) is 24.5. The van der Waals surface area contributed by atoms with Crippen LogP contribution in [0.2, 0.25) is 0 Å². The van der Waals surface area contributed by atoms with Gasteiger partial charge in [-0.3, -0.25) is 4.79 Å². The van der Waals surface area contributed by atoms with E-state index in [0.29, 0.717) is 18.0 Å². The molecule has 0 unspecified atom stereocenters. The summed E-state index contributed by atoms with van der Waals surface area (Å²) in [7, 11) is 0. The minimum atomic E-state index is -0.789. The lowest BCUT2D eigenvalue weighted by atomic mass is 9.89. The minimum absolute atomic E-state index is 0.222. The largest absolute Gasteiger partial charge is 0.449 e. The molecule has 4 heteroatoms. The predicted octanol–water partition coefficient (Wildman–Crippen LogP) is 4.08. The number of hydrogen-bond acceptors (Lipinski definition) is 3. The molecule has 3 rings (SSSR count). The first-order valence-corrected chi connectivity index (χ1v) is 9.11. The Bertz CT molecular complexity index is 750. The van der Waals surface area contributed by atoms with E-state index in [9.17, 15) is 9.59 Å². The van der Waals surface area contributed by atoms with Crippen molar-refractivity contribution in [2.45, 2.75) is 45.1 Å². The third-order valence-corrected chi connectivity index (χ3v) is 4.93. The van der Waals surface area contributed by atoms with Gasteiger partial charge >= 0.3 is 5.97 Å². The number of carbonyl (C=O) groups is 2. The fourth-order valence-electron chi connectivity index (χ4n) is 3.38. The van der Waals surface area contributed by atoms with Gasteiger partial charge in [0, 0.05) is 6.54 Å². The van der Waals surface area contributed by atoms with Crippen molar-refractivity contribution in [3.05, 3.63) is 48.0 Å². The van der Waals surface area contributed by atoms with Crippen molar-refractivity contribution >= 4 is 22.6 Å². The first-order valence-electron chi connectivity index (χ1n) is 9.11. The fourth-order valence-corrected chi connectivity index (χ4v) is 3.38. The normalized spacial score (nSPS) is 16.4. The van der Waals surface area contributed by atoms with Crippen LogP contribution in [0, 0.1) is 5.92 Å². The summed E-state index contributed by atoms with van der Waals surface area (Å²) in [5.41, 5.74) is 0.464. The zero-order valence-electron chi connectivity index (χ0n) is 14.7. The Morgan fingerprint density at radius 3 is 2.56 bits per heavy atom. The molecular weight excluding hydrogens is 314 g/mol. The lowest BCUT2D eigenvalue weighted by Crippen LogP contribution is -2.38. The molecule has 1 N–H and O–H groups in total. The van der Waals surface area contributed by atoms with Crippen LogP contribution in [0.1, 0.15) is 49.4 Å². The highest BCUT2D eigenvalue weighted by Crippen LogP contribution is 2.22. The van der Waals surface area contributed by atoms with Crippen LogP contribution >= 0.6 is 0 Å². The SMILES string of the molecule is C[C@@H](OC(=O)c1ccc2ccccc2c1)C(=O)NCC1CCCCC1. The van der Waals surface area contributed by atoms with E-state index in [1.165, 1.54) is 32.1 Å². The number of rotatable bonds is 5. The Labute approximate surface area is 148 Å². The van der Waals surface area contributed by atoms with Gasteiger partial charge in [-0.15, -0.1) is 0 Å². The first kappa shape index (κ1) is 17.5. The van der Waals surface area contributed by atoms with E-state index in [0.717, 1.165) is 10.8 Å². The number of fused-ring (bicyclic) bond motifs is 1. The lowest BCUT2D eigenvalue weighted by molar-refractivity contribution is -0.129. The van der Waals surface area contributed by atoms with E-state index in [4.69, 9.17) is 4.74 Å². The Morgan fingerprint density at radius 2 is 1.80 bits per heavy atom. The van der Waals surface area contributed by atoms with E-state index in [1.54, 1.807) is 19.1 Å². The van der Waals surface area contributed by atoms with Crippen LogP contribution in [-0.2, 0) is 9.53 Å². The summed E-state index contributed by atoms with van der Waals surface area (Å²) in [6.45, 7) is 2.30. The highest BCUT2D eigenvalue weighted by Gasteiger charge is 2.21. The molecular formula is C21H25NO3. The second kappa shape index (κ2) is 8.15. The van der Waals surface area contributed by atoms with Crippen LogP contribution in [0.4, 0.5) is 0 Å². The van der Waals surface area contributed by atoms with Gasteiger partial charge in [-0.2, -0.15) is 0 Å². The molecule has 0 saturated heterocycles. The second-order valence-electron chi connectivity index (χ2n) is 6.86. The quantitative estimate of drug-likeness (QED) is 0.835. The molecule has 0 spiro atoms. The van der Waals surface area contributed by atoms with Gasteiger partial charge in [0.2, 0.25) is 0 Å². The highest BCUT2D eigenvalue weighted by molar-refractivity contribution is 5.96. The molecule has 1 saturated carbocycles. The maximum Gasteiger partial charge on any atom is 0.338 e. The molecule has 25 heavy (non-hydrogen) atoms. The second-order valence-corrected chi connectivity index (χ2v) is 6.86. The van der Waals surface area contributed by atoms with Crippen molar-refractivity contribution < 1.29 is 14.3 Å². The van der Waals surface area contributed by atoms with Crippen molar-refractivity contribution in [2.75, 3.05) is 6.54 Å². The Hall–Kier alpha value is -2.36. The molecule has 1 atom stereocenters. The fraction of sp³-hybridized carbons (Fsp3) is 0.429. The summed E-state index contributed by atoms with van der Waals surface area (Å²) in [5.74, 6) is -0.133. The van der Waals surface area contributed by atoms with Crippen LogP contribution in [-0.4, -0.2) is 24.5 Å². The average molecular weight is 339 g/mol. The summed E-state index contributed by atoms with van der Waals surface area (Å²) in [6, 6.07) is 13.2. The molecule has 2 aromatic carbocycles. The molecule has 132 valence electrons. The van der Waals surface area contributed by atoms with Gasteiger partial charge in [0.1, 0.15) is 0 Å². The number of carbonyl (C=O) groups excluding carboxylic acids is 2. The summed E-state index contributed by atoms with van der Waals surface area (Å²) < 4.78 is 5.34. The summed E-state index contributed by atoms with van der Waals surface area (Å²) in [6.07, 6.45) is 5.34. The number of ether oxygens (including phenoxy) is 1. The van der Waals surface area contributed by atoms with Gasteiger partial charge in [-0.1, -0.05) is 49.6 Å². The molecule has 1 amide bonds. The van der Waals surface area contributed by atoms with Crippen molar-refractivity contribution in [2.24, 2.45) is 5.92 Å². The zero-order valence-corrected chi connectivity index (χ0v) is 14.7. The standard InChI is InChI=1S/C21H25NO3/c1-15(20(23)22-14-16-7-3-2-4-8-16)25-21(24)19-12-11-17-9-5-6-10-18(17)13-19/h5-6,9-13,15-16H,2-4,7-8,14H2,1H3,(H,22,23)/t15-/m1/s1. The molecule has 0 bridgehead atoms. The lowest BCUT2D eigenvalue weighted by Gasteiger charge is -2.22. The van der Waals surface area contributed by atoms with E-state index in [1.807, 2.05) is 30.3 Å². The molecule has 0 heterocycles. The highest BCUT2D eigenvalue weighted by atomic mass is 16.5. The molecule has 0 aromatic heterocycles. The van der Waals surface area contributed by atoms with Crippen LogP contribution in [0.25, 0.3) is 10.8 Å². The van der Waals surface area contributed by atoms with Crippen LogP contribution in [0.15, 0.2) is 42.5 Å². The predicted molar refractivity (Wildman–Crippen MR) is 98.4 cm³/mol. The van der Waals surface area contributed by atoms with E-state index >= 15 is 0 Å². The van der Waals surface area contributed by atoms with Crippen LogP contribution in [0.3, 0.4) is 0 Å². The minimum Gasteiger partial charge on any atom is -0.449 e. The van der Waals surface area contributed by atoms with Crippen molar-refractivity contribution in [1.29, 1.82) is 0 Å². The van der Waals surface area contributed by atoms with Gasteiger partial charge in [-0.05, 0) is 48.6 Å². The maximum atomic E-state index is 12.3. The molecule has 0 radical (unpaired) electrons. The van der Waals surface area contributed by atoms with Crippen molar-refractivity contribution in [3.8, 4) is 0 Å². The van der Waals surface area contributed by atoms with Gasteiger partial charge in [0.05, 0.1) is 5.56 Å². The van der Waals surface area contributed by atoms with Gasteiger partial charge in [0.25, 0.3) is 5.91 Å². The van der Waals surface area contributed by atoms with Gasteiger partial charge in [-0.25, -0.2) is 4.79 Å². The molecule has 1 fully saturated rings. The number of benzene rings is 2. The van der Waals surface area contributed by atoms with E-state index in [2.05, 4.69) is 5.32 Å². The Morgan fingerprint density at radius 1 is 1.08 bits per heavy atom. The maximum absolute atomic E-state index is 12.3.